The van der Waals surface area contributed by atoms with E-state index >= 15 is 0 Å². The van der Waals surface area contributed by atoms with Crippen LogP contribution in [-0.4, -0.2) is 38.2 Å². The maximum atomic E-state index is 13.1. The fourth-order valence-electron chi connectivity index (χ4n) is 2.89. The van der Waals surface area contributed by atoms with Crippen LogP contribution in [0.3, 0.4) is 0 Å². The number of nitrogens with zero attached hydrogens (tertiary/aromatic N) is 4. The number of aromatic amines is 1. The molecule has 0 saturated heterocycles. The zero-order chi connectivity index (χ0) is 22.5. The highest BCUT2D eigenvalue weighted by Crippen LogP contribution is 2.22. The summed E-state index contributed by atoms with van der Waals surface area (Å²) >= 11 is 11.9. The van der Waals surface area contributed by atoms with Gasteiger partial charge in [-0.2, -0.15) is 15.2 Å². The Kier molecular flexibility index (Phi) is 6.39. The molecule has 0 aliphatic rings. The first-order valence-corrected chi connectivity index (χ1v) is 10.2. The van der Waals surface area contributed by atoms with Crippen LogP contribution < -0.4 is 0 Å². The molecule has 0 unspecified atom stereocenters. The number of hydrogen-bond acceptors (Lipinski definition) is 5. The molecule has 7 nitrogen and oxygen atoms in total. The van der Waals surface area contributed by atoms with Crippen LogP contribution in [0.15, 0.2) is 84.4 Å². The number of carbonyl (C=O) groups excluding carboxylic acids is 2. The van der Waals surface area contributed by atoms with Gasteiger partial charge in [0, 0.05) is 44.7 Å². The third-order valence-corrected chi connectivity index (χ3v) is 5.02. The Morgan fingerprint density at radius 1 is 0.844 bits per heavy atom. The summed E-state index contributed by atoms with van der Waals surface area (Å²) in [6.45, 7) is 0. The average Bonchev–Trinajstić information content (AvgIpc) is 3.29. The minimum absolute atomic E-state index is 0.263. The average molecular weight is 464 g/mol. The van der Waals surface area contributed by atoms with Gasteiger partial charge in [0.25, 0.3) is 11.8 Å². The summed E-state index contributed by atoms with van der Waals surface area (Å²) in [6.07, 6.45) is 5.89. The molecular formula is C23H15Cl2N5O2. The molecular weight excluding hydrogens is 449 g/mol. The number of carbonyl (C=O) groups is 2. The summed E-state index contributed by atoms with van der Waals surface area (Å²) < 4.78 is 0. The van der Waals surface area contributed by atoms with E-state index in [0.29, 0.717) is 21.3 Å². The van der Waals surface area contributed by atoms with Crippen molar-refractivity contribution in [2.24, 2.45) is 5.10 Å². The largest absolute Gasteiger partial charge is 0.281 e. The van der Waals surface area contributed by atoms with Gasteiger partial charge < -0.3 is 0 Å². The Morgan fingerprint density at radius 3 is 2.03 bits per heavy atom. The van der Waals surface area contributed by atoms with Gasteiger partial charge in [-0.25, -0.2) is 0 Å². The van der Waals surface area contributed by atoms with Gasteiger partial charge in [0.1, 0.15) is 0 Å². The van der Waals surface area contributed by atoms with E-state index in [1.165, 1.54) is 42.9 Å². The summed E-state index contributed by atoms with van der Waals surface area (Å²) in [7, 11) is 0. The fourth-order valence-corrected chi connectivity index (χ4v) is 3.14. The lowest BCUT2D eigenvalue weighted by Crippen LogP contribution is -2.32. The van der Waals surface area contributed by atoms with Crippen LogP contribution in [-0.2, 0) is 0 Å². The van der Waals surface area contributed by atoms with Gasteiger partial charge >= 0.3 is 0 Å². The summed E-state index contributed by atoms with van der Waals surface area (Å²) in [5, 5.41) is 13.0. The van der Waals surface area contributed by atoms with Gasteiger partial charge in [-0.3, -0.25) is 19.7 Å². The summed E-state index contributed by atoms with van der Waals surface area (Å²) in [4.78, 5) is 30.1. The van der Waals surface area contributed by atoms with E-state index in [0.717, 1.165) is 10.6 Å². The predicted molar refractivity (Wildman–Crippen MR) is 123 cm³/mol. The number of nitrogens with one attached hydrogen (secondary N) is 1. The molecule has 9 heteroatoms. The molecule has 2 aromatic heterocycles. The molecule has 0 atom stereocenters. The smallest absolute Gasteiger partial charge is 0.277 e. The number of aromatic nitrogens is 3. The molecule has 4 rings (SSSR count). The number of benzene rings is 2. The molecule has 0 fully saturated rings. The van der Waals surface area contributed by atoms with Gasteiger partial charge in [-0.1, -0.05) is 35.3 Å². The molecule has 0 bridgehead atoms. The van der Waals surface area contributed by atoms with Crippen LogP contribution in [0.5, 0.6) is 0 Å². The lowest BCUT2D eigenvalue weighted by atomic mass is 10.1. The summed E-state index contributed by atoms with van der Waals surface area (Å²) in [6, 6.07) is 16.4. The van der Waals surface area contributed by atoms with Gasteiger partial charge in [0.15, 0.2) is 0 Å². The number of halogens is 2. The van der Waals surface area contributed by atoms with Crippen LogP contribution in [0.25, 0.3) is 11.3 Å². The highest BCUT2D eigenvalue weighted by atomic mass is 35.5. The zero-order valence-corrected chi connectivity index (χ0v) is 18.0. The van der Waals surface area contributed by atoms with Crippen LogP contribution in [0.4, 0.5) is 0 Å². The van der Waals surface area contributed by atoms with Gasteiger partial charge in [0.2, 0.25) is 0 Å². The number of amides is 2. The van der Waals surface area contributed by atoms with Crippen molar-refractivity contribution in [2.45, 2.75) is 0 Å². The fraction of sp³-hybridized carbons (Fsp3) is 0. The van der Waals surface area contributed by atoms with Crippen molar-refractivity contribution in [3.05, 3.63) is 106 Å². The van der Waals surface area contributed by atoms with Gasteiger partial charge in [0.05, 0.1) is 18.1 Å². The number of hydrogen-bond donors (Lipinski definition) is 1. The first kappa shape index (κ1) is 21.4. The second-order valence-corrected chi connectivity index (χ2v) is 7.49. The maximum Gasteiger partial charge on any atom is 0.281 e. The molecule has 2 amide bonds. The first-order valence-electron chi connectivity index (χ1n) is 9.40. The highest BCUT2D eigenvalue weighted by Gasteiger charge is 2.24. The minimum atomic E-state index is -0.601. The number of imide groups is 1. The molecule has 158 valence electrons. The Labute approximate surface area is 193 Å². The third kappa shape index (κ3) is 4.74. The second kappa shape index (κ2) is 9.55. The standard InChI is InChI=1S/C23H15Cl2N5O2/c24-19-5-1-15(2-6-19)21-18(13-27-29-21)14-28-30(23(32)17-9-11-26-12-10-17)22(31)16-3-7-20(25)8-4-16/h1-14H,(H,27,29)/b28-14+. The van der Waals surface area contributed by atoms with Crippen molar-refractivity contribution < 1.29 is 9.59 Å². The highest BCUT2D eigenvalue weighted by molar-refractivity contribution is 6.31. The predicted octanol–water partition coefficient (Wildman–Crippen LogP) is 5.10. The van der Waals surface area contributed by atoms with E-state index < -0.39 is 11.8 Å². The molecule has 4 aromatic rings. The van der Waals surface area contributed by atoms with Crippen LogP contribution in [0.2, 0.25) is 10.0 Å². The maximum absolute atomic E-state index is 13.1. The zero-order valence-electron chi connectivity index (χ0n) is 16.4. The molecule has 1 N–H and O–H groups in total. The Morgan fingerprint density at radius 2 is 1.41 bits per heavy atom. The van der Waals surface area contributed by atoms with E-state index in [1.54, 1.807) is 30.5 Å². The molecule has 0 aliphatic carbocycles. The molecule has 0 spiro atoms. The second-order valence-electron chi connectivity index (χ2n) is 6.62. The summed E-state index contributed by atoms with van der Waals surface area (Å²) in [5.41, 5.74) is 2.61. The Hall–Kier alpha value is -3.81. The van der Waals surface area contributed by atoms with E-state index in [-0.39, 0.29) is 11.1 Å². The van der Waals surface area contributed by atoms with Gasteiger partial charge in [-0.05, 0) is 48.5 Å². The number of H-pyrrole nitrogens is 1. The SMILES string of the molecule is O=C(c1ccncc1)N(/N=C/c1cn[nH]c1-c1ccc(Cl)cc1)C(=O)c1ccc(Cl)cc1. The molecule has 0 saturated carbocycles. The van der Waals surface area contributed by atoms with Crippen molar-refractivity contribution in [1.82, 2.24) is 20.2 Å². The van der Waals surface area contributed by atoms with Crippen molar-refractivity contribution >= 4 is 41.2 Å². The normalized spacial score (nSPS) is 10.9. The monoisotopic (exact) mass is 463 g/mol. The van der Waals surface area contributed by atoms with Gasteiger partial charge in [-0.15, -0.1) is 0 Å². The number of rotatable bonds is 5. The Bertz CT molecular complexity index is 1270. The van der Waals surface area contributed by atoms with Crippen molar-refractivity contribution in [2.75, 3.05) is 0 Å². The van der Waals surface area contributed by atoms with Crippen LogP contribution in [0.1, 0.15) is 26.3 Å². The third-order valence-electron chi connectivity index (χ3n) is 4.52. The van der Waals surface area contributed by atoms with E-state index in [4.69, 9.17) is 23.2 Å². The minimum Gasteiger partial charge on any atom is -0.277 e. The van der Waals surface area contributed by atoms with Crippen molar-refractivity contribution in [1.29, 1.82) is 0 Å². The molecule has 0 aliphatic heterocycles. The lowest BCUT2D eigenvalue weighted by molar-refractivity contribution is 0.0622. The molecule has 0 radical (unpaired) electrons. The lowest BCUT2D eigenvalue weighted by Gasteiger charge is -2.15. The van der Waals surface area contributed by atoms with Crippen molar-refractivity contribution in [3.8, 4) is 11.3 Å². The van der Waals surface area contributed by atoms with E-state index in [9.17, 15) is 9.59 Å². The van der Waals surface area contributed by atoms with E-state index in [2.05, 4.69) is 20.3 Å². The summed E-state index contributed by atoms with van der Waals surface area (Å²) in [5.74, 6) is -1.20. The van der Waals surface area contributed by atoms with Crippen molar-refractivity contribution in [3.63, 3.8) is 0 Å². The quantitative estimate of drug-likeness (QED) is 0.253. The molecule has 32 heavy (non-hydrogen) atoms. The molecule has 2 heterocycles. The first-order chi connectivity index (χ1) is 15.5. The number of pyridine rings is 1. The Balaban J connectivity index is 1.70. The van der Waals surface area contributed by atoms with E-state index in [1.807, 2.05) is 12.1 Å². The topological polar surface area (TPSA) is 91.3 Å². The van der Waals surface area contributed by atoms with Crippen LogP contribution >= 0.6 is 23.2 Å². The number of hydrazone groups is 1. The van der Waals surface area contributed by atoms with Crippen LogP contribution in [0, 0.1) is 0 Å². The molecule has 2 aromatic carbocycles.